The summed E-state index contributed by atoms with van der Waals surface area (Å²) in [6.45, 7) is 3.15. The highest BCUT2D eigenvalue weighted by Crippen LogP contribution is 2.03. The minimum absolute atomic E-state index is 0. The Morgan fingerprint density at radius 2 is 2.30 bits per heavy atom. The van der Waals surface area contributed by atoms with Crippen LogP contribution in [0, 0.1) is 0 Å². The van der Waals surface area contributed by atoms with Crippen LogP contribution in [0.2, 0.25) is 0 Å². The summed E-state index contributed by atoms with van der Waals surface area (Å²) in [7, 11) is -0.652. The van der Waals surface area contributed by atoms with Gasteiger partial charge in [0, 0.05) is 0 Å². The number of carbonyl (C=O) groups is 1. The predicted molar refractivity (Wildman–Crippen MR) is 40.7 cm³/mol. The molecule has 0 aromatic rings. The maximum atomic E-state index is 9.98. The molecule has 0 aliphatic carbocycles. The van der Waals surface area contributed by atoms with Gasteiger partial charge in [-0.2, -0.15) is 13.5 Å². The Morgan fingerprint density at radius 3 is 2.40 bits per heavy atom. The van der Waals surface area contributed by atoms with E-state index in [9.17, 15) is 9.36 Å². The normalized spacial score (nSPS) is 11.6. The number of carboxylic acids is 1. The first-order valence-electron chi connectivity index (χ1n) is 2.06. The van der Waals surface area contributed by atoms with Crippen LogP contribution in [0.25, 0.3) is 0 Å². The van der Waals surface area contributed by atoms with E-state index in [4.69, 9.17) is 5.11 Å². The summed E-state index contributed by atoms with van der Waals surface area (Å²) in [4.78, 5) is 9.98. The number of hydrogen-bond acceptors (Lipinski definition) is 3. The van der Waals surface area contributed by atoms with Crippen molar-refractivity contribution >= 4 is 28.2 Å². The molecule has 0 saturated heterocycles. The molecule has 0 aromatic heterocycles. The number of aliphatic carboxylic acids is 1. The Bertz CT molecular complexity index is 137. The van der Waals surface area contributed by atoms with Crippen molar-refractivity contribution in [2.75, 3.05) is 0 Å². The van der Waals surface area contributed by atoms with Gasteiger partial charge < -0.3 is 5.11 Å². The Labute approximate surface area is 66.6 Å². The lowest BCUT2D eigenvalue weighted by atomic mass is 10.4. The Morgan fingerprint density at radius 1 is 1.80 bits per heavy atom. The first-order valence-corrected chi connectivity index (χ1v) is 2.79. The molecule has 0 saturated carbocycles. The van der Waals surface area contributed by atoms with Crippen LogP contribution in [0.4, 0.5) is 0 Å². The lowest BCUT2D eigenvalue weighted by Crippen LogP contribution is -2.16. The molecule has 0 aromatic carbocycles. The topological polar surface area (TPSA) is 63.6 Å². The molecule has 10 heavy (non-hydrogen) atoms. The van der Waals surface area contributed by atoms with Crippen LogP contribution in [0.1, 0.15) is 0 Å². The van der Waals surface area contributed by atoms with Gasteiger partial charge in [0.1, 0.15) is 0 Å². The summed E-state index contributed by atoms with van der Waals surface area (Å²) in [5, 5.41) is 8.16. The highest BCUT2D eigenvalue weighted by molar-refractivity contribution is 7.59. The standard InChI is InChI=1S/C4H5O4P.H2S/c1-2-3(4(5)6)8-9-7;/h2-3H,1H2,(H,5,6);1H2. The van der Waals surface area contributed by atoms with Crippen LogP contribution in [0.15, 0.2) is 12.7 Å². The largest absolute Gasteiger partial charge is 0.479 e. The van der Waals surface area contributed by atoms with Crippen LogP contribution in [0.5, 0.6) is 0 Å². The lowest BCUT2D eigenvalue weighted by molar-refractivity contribution is -0.142. The van der Waals surface area contributed by atoms with Gasteiger partial charge in [-0.1, -0.05) is 12.7 Å². The van der Waals surface area contributed by atoms with Gasteiger partial charge in [-0.05, 0) is 0 Å². The first-order chi connectivity index (χ1) is 4.22. The third kappa shape index (κ3) is 4.49. The molecule has 0 aliphatic rings. The second kappa shape index (κ2) is 6.74. The van der Waals surface area contributed by atoms with Crippen LogP contribution >= 0.6 is 22.2 Å². The maximum absolute atomic E-state index is 9.98. The second-order valence-electron chi connectivity index (χ2n) is 1.17. The summed E-state index contributed by atoms with van der Waals surface area (Å²) in [5.41, 5.74) is 0. The molecule has 1 N–H and O–H groups in total. The van der Waals surface area contributed by atoms with E-state index in [-0.39, 0.29) is 13.5 Å². The molecule has 0 fully saturated rings. The van der Waals surface area contributed by atoms with Gasteiger partial charge in [-0.15, -0.1) is 0 Å². The van der Waals surface area contributed by atoms with Crippen LogP contribution in [-0.2, 0) is 13.9 Å². The van der Waals surface area contributed by atoms with Crippen molar-refractivity contribution in [3.8, 4) is 0 Å². The van der Waals surface area contributed by atoms with E-state index in [1.54, 1.807) is 0 Å². The summed E-state index contributed by atoms with van der Waals surface area (Å²) < 4.78 is 13.8. The smallest absolute Gasteiger partial charge is 0.337 e. The SMILES string of the molecule is C=CC(OP=O)C(=O)O.S. The summed E-state index contributed by atoms with van der Waals surface area (Å²) >= 11 is 0. The summed E-state index contributed by atoms with van der Waals surface area (Å²) in [5.74, 6) is -1.20. The fourth-order valence-corrected chi connectivity index (χ4v) is 0.504. The van der Waals surface area contributed by atoms with E-state index in [1.807, 2.05) is 0 Å². The van der Waals surface area contributed by atoms with Crippen molar-refractivity contribution in [1.82, 2.24) is 0 Å². The average Bonchev–Trinajstić information content (AvgIpc) is 1.82. The van der Waals surface area contributed by atoms with Crippen molar-refractivity contribution in [3.05, 3.63) is 12.7 Å². The van der Waals surface area contributed by atoms with Gasteiger partial charge in [-0.25, -0.2) is 9.36 Å². The van der Waals surface area contributed by atoms with Gasteiger partial charge >= 0.3 is 14.7 Å². The molecule has 0 aliphatic heterocycles. The molecule has 4 nitrogen and oxygen atoms in total. The predicted octanol–water partition coefficient (Wildman–Crippen LogP) is 0.962. The monoisotopic (exact) mass is 182 g/mol. The third-order valence-electron chi connectivity index (χ3n) is 0.614. The van der Waals surface area contributed by atoms with E-state index in [2.05, 4.69) is 11.1 Å². The number of hydrogen-bond donors (Lipinski definition) is 1. The Balaban J connectivity index is 0. The van der Waals surface area contributed by atoms with Gasteiger partial charge in [0.25, 0.3) is 0 Å². The highest BCUT2D eigenvalue weighted by Gasteiger charge is 2.12. The molecule has 6 heteroatoms. The van der Waals surface area contributed by atoms with Crippen molar-refractivity contribution < 1.29 is 19.0 Å². The molecule has 0 heterocycles. The summed E-state index contributed by atoms with van der Waals surface area (Å²) in [6, 6.07) is 0. The zero-order chi connectivity index (χ0) is 7.28. The first kappa shape index (κ1) is 12.3. The van der Waals surface area contributed by atoms with Gasteiger partial charge in [-0.3, -0.25) is 4.52 Å². The van der Waals surface area contributed by atoms with E-state index in [1.165, 1.54) is 0 Å². The Hall–Kier alpha value is -0.380. The zero-order valence-corrected chi connectivity index (χ0v) is 6.88. The minimum atomic E-state index is -1.20. The van der Waals surface area contributed by atoms with Gasteiger partial charge in [0.15, 0.2) is 6.10 Å². The molecule has 58 valence electrons. The molecule has 0 bridgehead atoms. The van der Waals surface area contributed by atoms with Crippen molar-refractivity contribution in [3.63, 3.8) is 0 Å². The highest BCUT2D eigenvalue weighted by atomic mass is 32.1. The number of carboxylic acid groups (broad SMARTS) is 1. The molecule has 1 atom stereocenters. The average molecular weight is 182 g/mol. The molecular formula is C4H7O4PS. The summed E-state index contributed by atoms with van der Waals surface area (Å²) in [6.07, 6.45) is -0.128. The fourth-order valence-electron chi connectivity index (χ4n) is 0.235. The fraction of sp³-hybridized carbons (Fsp3) is 0.250. The van der Waals surface area contributed by atoms with Crippen molar-refractivity contribution in [2.24, 2.45) is 0 Å². The third-order valence-corrected chi connectivity index (χ3v) is 0.927. The Kier molecular flexibility index (Phi) is 8.29. The quantitative estimate of drug-likeness (QED) is 0.519. The van der Waals surface area contributed by atoms with E-state index in [0.29, 0.717) is 0 Å². The maximum Gasteiger partial charge on any atom is 0.337 e. The molecule has 0 radical (unpaired) electrons. The second-order valence-corrected chi connectivity index (χ2v) is 1.53. The van der Waals surface area contributed by atoms with E-state index >= 15 is 0 Å². The molecule has 0 rings (SSSR count). The van der Waals surface area contributed by atoms with Crippen LogP contribution in [0.3, 0.4) is 0 Å². The molecular weight excluding hydrogens is 175 g/mol. The zero-order valence-electron chi connectivity index (χ0n) is 4.98. The van der Waals surface area contributed by atoms with E-state index in [0.717, 1.165) is 6.08 Å². The van der Waals surface area contributed by atoms with Crippen LogP contribution < -0.4 is 0 Å². The van der Waals surface area contributed by atoms with Gasteiger partial charge in [0.05, 0.1) is 0 Å². The lowest BCUT2D eigenvalue weighted by Gasteiger charge is -1.98. The van der Waals surface area contributed by atoms with Crippen molar-refractivity contribution in [2.45, 2.75) is 6.10 Å². The van der Waals surface area contributed by atoms with Gasteiger partial charge in [0.2, 0.25) is 0 Å². The molecule has 1 unspecified atom stereocenters. The molecule has 0 spiro atoms. The minimum Gasteiger partial charge on any atom is -0.479 e. The van der Waals surface area contributed by atoms with E-state index < -0.39 is 20.8 Å². The van der Waals surface area contributed by atoms with Crippen molar-refractivity contribution in [1.29, 1.82) is 0 Å². The number of rotatable bonds is 4. The van der Waals surface area contributed by atoms with Crippen LogP contribution in [-0.4, -0.2) is 17.2 Å². The molecule has 0 amide bonds.